The number of urea groups is 1. The van der Waals surface area contributed by atoms with Gasteiger partial charge in [-0.1, -0.05) is 18.2 Å². The third-order valence-corrected chi connectivity index (χ3v) is 2.03. The van der Waals surface area contributed by atoms with E-state index in [1.165, 1.54) is 18.2 Å². The molecule has 0 aromatic heterocycles. The van der Waals surface area contributed by atoms with Gasteiger partial charge in [0.05, 0.1) is 11.5 Å². The summed E-state index contributed by atoms with van der Waals surface area (Å²) >= 11 is 0. The Labute approximate surface area is 102 Å². The van der Waals surface area contributed by atoms with Gasteiger partial charge in [0.15, 0.2) is 0 Å². The van der Waals surface area contributed by atoms with Crippen LogP contribution in [0.1, 0.15) is 5.56 Å². The van der Waals surface area contributed by atoms with Crippen LogP contribution in [0.5, 0.6) is 0 Å². The van der Waals surface area contributed by atoms with Gasteiger partial charge in [-0.25, -0.2) is 4.79 Å². The molecule has 1 rings (SSSR count). The van der Waals surface area contributed by atoms with Crippen molar-refractivity contribution in [1.29, 1.82) is 0 Å². The Morgan fingerprint density at radius 3 is 2.56 bits per heavy atom. The number of hydrogen-bond donors (Lipinski definition) is 3. The highest BCUT2D eigenvalue weighted by Crippen LogP contribution is 2.16. The lowest BCUT2D eigenvalue weighted by Crippen LogP contribution is -2.38. The first-order chi connectivity index (χ1) is 8.50. The first-order valence-electron chi connectivity index (χ1n) is 4.96. The topological polar surface area (TPSA) is 122 Å². The number of carbonyl (C=O) groups excluding carboxylic acids is 1. The Balaban J connectivity index is 2.56. The van der Waals surface area contributed by atoms with E-state index in [1.807, 2.05) is 0 Å². The molecule has 0 saturated carbocycles. The molecule has 0 aliphatic rings. The van der Waals surface area contributed by atoms with E-state index >= 15 is 0 Å². The highest BCUT2D eigenvalue weighted by atomic mass is 16.6. The maximum absolute atomic E-state index is 11.1. The maximum Gasteiger partial charge on any atom is 0.323 e. The van der Waals surface area contributed by atoms with Gasteiger partial charge in [-0.2, -0.15) is 0 Å². The van der Waals surface area contributed by atoms with E-state index in [2.05, 4.69) is 10.6 Å². The number of nitro benzene ring substituents is 1. The fourth-order valence-corrected chi connectivity index (χ4v) is 1.23. The number of aliphatic carboxylic acids is 1. The molecule has 0 spiro atoms. The minimum Gasteiger partial charge on any atom is -0.480 e. The van der Waals surface area contributed by atoms with Crippen molar-refractivity contribution in [1.82, 2.24) is 10.6 Å². The van der Waals surface area contributed by atoms with Gasteiger partial charge in [0.1, 0.15) is 6.54 Å². The van der Waals surface area contributed by atoms with E-state index < -0.39 is 23.5 Å². The second-order valence-electron chi connectivity index (χ2n) is 3.32. The number of carboxylic acids is 1. The number of nitrogens with one attached hydrogen (secondary N) is 2. The van der Waals surface area contributed by atoms with Gasteiger partial charge in [0, 0.05) is 11.6 Å². The summed E-state index contributed by atoms with van der Waals surface area (Å²) in [5.41, 5.74) is 0.240. The molecular weight excluding hydrogens is 242 g/mol. The van der Waals surface area contributed by atoms with Crippen LogP contribution in [0.2, 0.25) is 0 Å². The Hall–Kier alpha value is -2.64. The third-order valence-electron chi connectivity index (χ3n) is 2.03. The number of amides is 2. The number of nitro groups is 1. The zero-order valence-corrected chi connectivity index (χ0v) is 9.25. The van der Waals surface area contributed by atoms with E-state index in [1.54, 1.807) is 6.07 Å². The van der Waals surface area contributed by atoms with Gasteiger partial charge in [-0.05, 0) is 0 Å². The molecule has 0 atom stereocenters. The van der Waals surface area contributed by atoms with E-state index in [4.69, 9.17) is 5.11 Å². The van der Waals surface area contributed by atoms with Crippen molar-refractivity contribution < 1.29 is 19.6 Å². The van der Waals surface area contributed by atoms with Gasteiger partial charge >= 0.3 is 12.0 Å². The summed E-state index contributed by atoms with van der Waals surface area (Å²) in [5.74, 6) is -1.17. The summed E-state index contributed by atoms with van der Waals surface area (Å²) in [6, 6.07) is 5.27. The Morgan fingerprint density at radius 2 is 1.94 bits per heavy atom. The fourth-order valence-electron chi connectivity index (χ4n) is 1.23. The molecule has 0 bridgehead atoms. The minimum absolute atomic E-state index is 0.0530. The average molecular weight is 253 g/mol. The van der Waals surface area contributed by atoms with Crippen LogP contribution in [0.3, 0.4) is 0 Å². The van der Waals surface area contributed by atoms with Crippen molar-refractivity contribution in [2.75, 3.05) is 6.54 Å². The predicted molar refractivity (Wildman–Crippen MR) is 61.0 cm³/mol. The molecule has 18 heavy (non-hydrogen) atoms. The molecule has 0 aliphatic heterocycles. The molecule has 0 unspecified atom stereocenters. The molecule has 0 heterocycles. The quantitative estimate of drug-likeness (QED) is 0.520. The lowest BCUT2D eigenvalue weighted by Gasteiger charge is -2.06. The van der Waals surface area contributed by atoms with Crippen molar-refractivity contribution >= 4 is 17.7 Å². The number of carbonyl (C=O) groups is 2. The number of rotatable bonds is 5. The van der Waals surface area contributed by atoms with Crippen LogP contribution < -0.4 is 10.6 Å². The highest BCUT2D eigenvalue weighted by molar-refractivity contribution is 5.79. The SMILES string of the molecule is O=C(O)CNC(=O)NCc1ccccc1[N+](=O)[O-]. The zero-order chi connectivity index (χ0) is 13.5. The van der Waals surface area contributed by atoms with Crippen molar-refractivity contribution in [2.24, 2.45) is 0 Å². The molecule has 0 fully saturated rings. The van der Waals surface area contributed by atoms with Crippen molar-refractivity contribution in [3.05, 3.63) is 39.9 Å². The number of benzene rings is 1. The highest BCUT2D eigenvalue weighted by Gasteiger charge is 2.12. The summed E-state index contributed by atoms with van der Waals surface area (Å²) in [6.07, 6.45) is 0. The standard InChI is InChI=1S/C10H11N3O5/c14-9(15)6-12-10(16)11-5-7-3-1-2-4-8(7)13(17)18/h1-4H,5-6H2,(H,14,15)(H2,11,12,16). The monoisotopic (exact) mass is 253 g/mol. The van der Waals surface area contributed by atoms with Crippen LogP contribution in [0, 0.1) is 10.1 Å². The van der Waals surface area contributed by atoms with Crippen LogP contribution in [-0.4, -0.2) is 28.6 Å². The molecule has 0 saturated heterocycles. The number of hydrogen-bond acceptors (Lipinski definition) is 4. The third kappa shape index (κ3) is 4.08. The maximum atomic E-state index is 11.1. The molecule has 0 radical (unpaired) electrons. The predicted octanol–water partition coefficient (Wildman–Crippen LogP) is 0.479. The molecule has 1 aromatic carbocycles. The normalized spacial score (nSPS) is 9.56. The fraction of sp³-hybridized carbons (Fsp3) is 0.200. The van der Waals surface area contributed by atoms with Crippen LogP contribution in [0.25, 0.3) is 0 Å². The van der Waals surface area contributed by atoms with Gasteiger partial charge in [-0.3, -0.25) is 14.9 Å². The van der Waals surface area contributed by atoms with E-state index in [0.717, 1.165) is 0 Å². The largest absolute Gasteiger partial charge is 0.480 e. The lowest BCUT2D eigenvalue weighted by molar-refractivity contribution is -0.385. The molecule has 0 aliphatic carbocycles. The summed E-state index contributed by atoms with van der Waals surface area (Å²) < 4.78 is 0. The molecule has 3 N–H and O–H groups in total. The summed E-state index contributed by atoms with van der Waals surface area (Å²) in [4.78, 5) is 31.5. The second-order valence-corrected chi connectivity index (χ2v) is 3.32. The van der Waals surface area contributed by atoms with E-state index in [9.17, 15) is 19.7 Å². The Morgan fingerprint density at radius 1 is 1.28 bits per heavy atom. The number of para-hydroxylation sites is 1. The Kier molecular flexibility index (Phi) is 4.61. The van der Waals surface area contributed by atoms with Crippen LogP contribution in [0.15, 0.2) is 24.3 Å². The molecule has 8 nitrogen and oxygen atoms in total. The van der Waals surface area contributed by atoms with Crippen molar-refractivity contribution in [3.8, 4) is 0 Å². The molecule has 2 amide bonds. The second kappa shape index (κ2) is 6.18. The Bertz CT molecular complexity index is 474. The zero-order valence-electron chi connectivity index (χ0n) is 9.25. The minimum atomic E-state index is -1.17. The van der Waals surface area contributed by atoms with E-state index in [-0.39, 0.29) is 12.2 Å². The molecule has 96 valence electrons. The van der Waals surface area contributed by atoms with E-state index in [0.29, 0.717) is 5.56 Å². The van der Waals surface area contributed by atoms with Gasteiger partial charge in [-0.15, -0.1) is 0 Å². The van der Waals surface area contributed by atoms with Gasteiger partial charge in [0.2, 0.25) is 0 Å². The van der Waals surface area contributed by atoms with Crippen LogP contribution >= 0.6 is 0 Å². The number of nitrogens with zero attached hydrogens (tertiary/aromatic N) is 1. The molecule has 1 aromatic rings. The average Bonchev–Trinajstić information content (AvgIpc) is 2.34. The lowest BCUT2D eigenvalue weighted by atomic mass is 10.2. The first-order valence-corrected chi connectivity index (χ1v) is 4.96. The summed E-state index contributed by atoms with van der Waals surface area (Å²) in [7, 11) is 0. The number of carboxylic acid groups (broad SMARTS) is 1. The smallest absolute Gasteiger partial charge is 0.323 e. The van der Waals surface area contributed by atoms with Crippen LogP contribution in [-0.2, 0) is 11.3 Å². The first kappa shape index (κ1) is 13.4. The van der Waals surface area contributed by atoms with Gasteiger partial charge in [0.25, 0.3) is 5.69 Å². The molecular formula is C10H11N3O5. The summed E-state index contributed by atoms with van der Waals surface area (Å²) in [5, 5.41) is 23.4. The van der Waals surface area contributed by atoms with Crippen LogP contribution in [0.4, 0.5) is 10.5 Å². The molecule has 8 heteroatoms. The van der Waals surface area contributed by atoms with Gasteiger partial charge < -0.3 is 15.7 Å². The van der Waals surface area contributed by atoms with Crippen molar-refractivity contribution in [3.63, 3.8) is 0 Å². The van der Waals surface area contributed by atoms with Crippen molar-refractivity contribution in [2.45, 2.75) is 6.54 Å². The summed E-state index contributed by atoms with van der Waals surface area (Å²) in [6.45, 7) is -0.564.